The summed E-state index contributed by atoms with van der Waals surface area (Å²) in [6.07, 6.45) is -4.54. The van der Waals surface area contributed by atoms with E-state index in [1.165, 1.54) is 19.2 Å². The molecular formula is C25H19F3N2O3. The summed E-state index contributed by atoms with van der Waals surface area (Å²) in [4.78, 5) is 27.6. The monoisotopic (exact) mass is 452 g/mol. The van der Waals surface area contributed by atoms with Gasteiger partial charge in [0.1, 0.15) is 11.4 Å². The summed E-state index contributed by atoms with van der Waals surface area (Å²) in [6, 6.07) is 19.9. The Balaban J connectivity index is 1.70. The van der Waals surface area contributed by atoms with Crippen LogP contribution in [0.1, 0.15) is 16.7 Å². The number of imide groups is 1. The molecule has 3 aromatic carbocycles. The van der Waals surface area contributed by atoms with Crippen LogP contribution in [0.5, 0.6) is 5.75 Å². The molecular weight excluding hydrogens is 433 g/mol. The smallest absolute Gasteiger partial charge is 0.416 e. The van der Waals surface area contributed by atoms with Crippen molar-refractivity contribution in [2.24, 2.45) is 0 Å². The van der Waals surface area contributed by atoms with E-state index < -0.39 is 23.6 Å². The molecule has 0 aromatic heterocycles. The van der Waals surface area contributed by atoms with Gasteiger partial charge in [0.05, 0.1) is 24.8 Å². The number of hydrogen-bond acceptors (Lipinski definition) is 4. The minimum atomic E-state index is -4.54. The number of rotatable bonds is 6. The van der Waals surface area contributed by atoms with E-state index in [1.54, 1.807) is 54.6 Å². The summed E-state index contributed by atoms with van der Waals surface area (Å²) in [6.45, 7) is 0.00572. The van der Waals surface area contributed by atoms with E-state index in [4.69, 9.17) is 4.74 Å². The summed E-state index contributed by atoms with van der Waals surface area (Å²) in [5.74, 6) is -0.517. The van der Waals surface area contributed by atoms with Crippen LogP contribution in [-0.4, -0.2) is 23.8 Å². The zero-order valence-corrected chi connectivity index (χ0v) is 17.5. The molecule has 168 valence electrons. The molecule has 5 nitrogen and oxygen atoms in total. The van der Waals surface area contributed by atoms with Crippen LogP contribution in [0.4, 0.5) is 18.9 Å². The largest absolute Gasteiger partial charge is 0.497 e. The molecule has 3 aromatic rings. The van der Waals surface area contributed by atoms with E-state index in [9.17, 15) is 22.8 Å². The van der Waals surface area contributed by atoms with E-state index >= 15 is 0 Å². The fourth-order valence-corrected chi connectivity index (χ4v) is 3.54. The molecule has 0 aliphatic carbocycles. The predicted octanol–water partition coefficient (Wildman–Crippen LogP) is 5.11. The van der Waals surface area contributed by atoms with Crippen LogP contribution in [0.3, 0.4) is 0 Å². The topological polar surface area (TPSA) is 58.6 Å². The highest BCUT2D eigenvalue weighted by atomic mass is 19.4. The lowest BCUT2D eigenvalue weighted by Crippen LogP contribution is -2.32. The third-order valence-electron chi connectivity index (χ3n) is 5.19. The lowest BCUT2D eigenvalue weighted by Gasteiger charge is -2.16. The zero-order valence-electron chi connectivity index (χ0n) is 17.5. The van der Waals surface area contributed by atoms with E-state index in [0.717, 1.165) is 17.0 Å². The Morgan fingerprint density at radius 1 is 0.879 bits per heavy atom. The molecule has 1 N–H and O–H groups in total. The van der Waals surface area contributed by atoms with Crippen LogP contribution in [0.25, 0.3) is 5.57 Å². The Labute approximate surface area is 188 Å². The first kappa shape index (κ1) is 22.1. The number of halogens is 3. The second kappa shape index (κ2) is 8.82. The van der Waals surface area contributed by atoms with E-state index in [0.29, 0.717) is 16.9 Å². The fraction of sp³-hybridized carbons (Fsp3) is 0.120. The van der Waals surface area contributed by atoms with Gasteiger partial charge in [-0.25, -0.2) is 0 Å². The summed E-state index contributed by atoms with van der Waals surface area (Å²) in [7, 11) is 1.53. The van der Waals surface area contributed by atoms with Crippen molar-refractivity contribution < 1.29 is 27.5 Å². The second-order valence-electron chi connectivity index (χ2n) is 7.36. The van der Waals surface area contributed by atoms with Crippen LogP contribution in [0.2, 0.25) is 0 Å². The van der Waals surface area contributed by atoms with Gasteiger partial charge in [-0.05, 0) is 41.5 Å². The maximum Gasteiger partial charge on any atom is 0.416 e. The van der Waals surface area contributed by atoms with Crippen LogP contribution in [0.15, 0.2) is 84.6 Å². The van der Waals surface area contributed by atoms with Crippen LogP contribution in [-0.2, 0) is 22.3 Å². The molecule has 0 radical (unpaired) electrons. The molecule has 8 heteroatoms. The fourth-order valence-electron chi connectivity index (χ4n) is 3.54. The Kier molecular flexibility index (Phi) is 5.91. The first-order valence-electron chi connectivity index (χ1n) is 10.0. The summed E-state index contributed by atoms with van der Waals surface area (Å²) in [5, 5.41) is 2.76. The van der Waals surface area contributed by atoms with Gasteiger partial charge in [0.25, 0.3) is 11.8 Å². The number of carbonyl (C=O) groups excluding carboxylic acids is 2. The molecule has 1 aliphatic rings. The molecule has 0 atom stereocenters. The number of methoxy groups -OCH3 is 1. The van der Waals surface area contributed by atoms with Crippen molar-refractivity contribution in [3.05, 3.63) is 101 Å². The lowest BCUT2D eigenvalue weighted by molar-refractivity contribution is -0.138. The first-order valence-corrected chi connectivity index (χ1v) is 10.0. The van der Waals surface area contributed by atoms with Crippen molar-refractivity contribution in [2.75, 3.05) is 12.4 Å². The second-order valence-corrected chi connectivity index (χ2v) is 7.36. The maximum atomic E-state index is 13.3. The van der Waals surface area contributed by atoms with Gasteiger partial charge < -0.3 is 10.1 Å². The highest BCUT2D eigenvalue weighted by Gasteiger charge is 2.39. The van der Waals surface area contributed by atoms with Crippen molar-refractivity contribution in [3.63, 3.8) is 0 Å². The van der Waals surface area contributed by atoms with Crippen molar-refractivity contribution in [1.82, 2.24) is 4.90 Å². The average Bonchev–Trinajstić information content (AvgIpc) is 3.04. The van der Waals surface area contributed by atoms with E-state index in [1.807, 2.05) is 0 Å². The molecule has 0 bridgehead atoms. The third-order valence-corrected chi connectivity index (χ3v) is 5.19. The normalized spacial score (nSPS) is 14.1. The average molecular weight is 452 g/mol. The minimum Gasteiger partial charge on any atom is -0.497 e. The highest BCUT2D eigenvalue weighted by Crippen LogP contribution is 2.34. The molecule has 4 rings (SSSR count). The van der Waals surface area contributed by atoms with Gasteiger partial charge in [0, 0.05) is 5.69 Å². The summed E-state index contributed by atoms with van der Waals surface area (Å²) in [5.41, 5.74) is 0.417. The van der Waals surface area contributed by atoms with E-state index in [-0.39, 0.29) is 23.5 Å². The Morgan fingerprint density at radius 3 is 2.21 bits per heavy atom. The number of benzene rings is 3. The Bertz CT molecular complexity index is 1220. The Hall–Kier alpha value is -4.07. The molecule has 0 unspecified atom stereocenters. The van der Waals surface area contributed by atoms with Crippen molar-refractivity contribution in [1.29, 1.82) is 0 Å². The molecule has 1 heterocycles. The number of nitrogens with zero attached hydrogens (tertiary/aromatic N) is 1. The molecule has 0 saturated carbocycles. The third kappa shape index (κ3) is 4.59. The zero-order chi connectivity index (χ0) is 23.6. The lowest BCUT2D eigenvalue weighted by atomic mass is 10.0. The van der Waals surface area contributed by atoms with Gasteiger partial charge >= 0.3 is 6.18 Å². The quantitative estimate of drug-likeness (QED) is 0.529. The number of ether oxygens (including phenoxy) is 1. The number of anilines is 1. The van der Waals surface area contributed by atoms with Crippen LogP contribution in [0, 0.1) is 0 Å². The van der Waals surface area contributed by atoms with Crippen molar-refractivity contribution >= 4 is 23.1 Å². The van der Waals surface area contributed by atoms with Gasteiger partial charge in [-0.15, -0.1) is 0 Å². The number of carbonyl (C=O) groups is 2. The highest BCUT2D eigenvalue weighted by molar-refractivity contribution is 6.36. The molecule has 1 aliphatic heterocycles. The van der Waals surface area contributed by atoms with Gasteiger partial charge in [-0.2, -0.15) is 13.2 Å². The van der Waals surface area contributed by atoms with Gasteiger partial charge in [-0.1, -0.05) is 48.5 Å². The van der Waals surface area contributed by atoms with Gasteiger partial charge in [-0.3, -0.25) is 14.5 Å². The SMILES string of the molecule is COc1ccc(CN2C(=O)C(Nc3cccc(C(F)(F)F)c3)=C(c3ccccc3)C2=O)cc1. The predicted molar refractivity (Wildman–Crippen MR) is 117 cm³/mol. The van der Waals surface area contributed by atoms with Crippen molar-refractivity contribution in [3.8, 4) is 5.75 Å². The van der Waals surface area contributed by atoms with Gasteiger partial charge in [0.15, 0.2) is 0 Å². The first-order chi connectivity index (χ1) is 15.8. The van der Waals surface area contributed by atoms with Crippen molar-refractivity contribution in [2.45, 2.75) is 12.7 Å². The molecule has 0 fully saturated rings. The number of nitrogens with one attached hydrogen (secondary N) is 1. The van der Waals surface area contributed by atoms with Crippen LogP contribution >= 0.6 is 0 Å². The Morgan fingerprint density at radius 2 is 1.58 bits per heavy atom. The summed E-state index contributed by atoms with van der Waals surface area (Å²) < 4.78 is 44.6. The van der Waals surface area contributed by atoms with Gasteiger partial charge in [0.2, 0.25) is 0 Å². The number of amides is 2. The maximum absolute atomic E-state index is 13.3. The van der Waals surface area contributed by atoms with E-state index in [2.05, 4.69) is 5.32 Å². The number of hydrogen-bond donors (Lipinski definition) is 1. The molecule has 2 amide bonds. The molecule has 0 spiro atoms. The molecule has 33 heavy (non-hydrogen) atoms. The standard InChI is InChI=1S/C25H19F3N2O3/c1-33-20-12-10-16(11-13-20)15-30-23(31)21(17-6-3-2-4-7-17)22(24(30)32)29-19-9-5-8-18(14-19)25(26,27)28/h2-14,29H,15H2,1H3. The minimum absolute atomic E-state index is 0.00572. The number of alkyl halides is 3. The summed E-state index contributed by atoms with van der Waals surface area (Å²) >= 11 is 0. The van der Waals surface area contributed by atoms with Crippen LogP contribution < -0.4 is 10.1 Å². The molecule has 0 saturated heterocycles.